The average Bonchev–Trinajstić information content (AvgIpc) is 2.54. The van der Waals surface area contributed by atoms with E-state index in [9.17, 15) is 4.79 Å². The van der Waals surface area contributed by atoms with Gasteiger partial charge in [-0.05, 0) is 37.5 Å². The molecule has 1 saturated carbocycles. The lowest BCUT2D eigenvalue weighted by Crippen LogP contribution is -2.46. The van der Waals surface area contributed by atoms with Crippen LogP contribution in [-0.2, 0) is 4.79 Å². The number of hydrogen-bond acceptors (Lipinski definition) is 3. The van der Waals surface area contributed by atoms with Crippen molar-refractivity contribution in [1.82, 2.24) is 10.6 Å². The van der Waals surface area contributed by atoms with Crippen molar-refractivity contribution in [2.45, 2.75) is 44.7 Å². The summed E-state index contributed by atoms with van der Waals surface area (Å²) in [6, 6.07) is 10.2. The standard InChI is InChI=1S/C17H23N3O/c1-12(14-7-5-6-13(10-14)11-18)20-16-9-4-3-8-15(16)17(21)19-2/h5-7,10,12,15-16,20H,3-4,8-9H2,1-2H3,(H,19,21)/t12-,15+,16-/m0/s1. The van der Waals surface area contributed by atoms with Gasteiger partial charge < -0.3 is 10.6 Å². The number of benzene rings is 1. The van der Waals surface area contributed by atoms with Crippen LogP contribution in [0.25, 0.3) is 0 Å². The van der Waals surface area contributed by atoms with Crippen LogP contribution in [0.15, 0.2) is 24.3 Å². The van der Waals surface area contributed by atoms with Gasteiger partial charge in [0.2, 0.25) is 5.91 Å². The fourth-order valence-corrected chi connectivity index (χ4v) is 3.12. The number of amides is 1. The Labute approximate surface area is 126 Å². The Kier molecular flexibility index (Phi) is 5.35. The van der Waals surface area contributed by atoms with Crippen LogP contribution >= 0.6 is 0 Å². The van der Waals surface area contributed by atoms with E-state index in [1.165, 1.54) is 0 Å². The molecule has 1 aliphatic rings. The second-order valence-corrected chi connectivity index (χ2v) is 5.74. The predicted molar refractivity (Wildman–Crippen MR) is 82.5 cm³/mol. The number of carbonyl (C=O) groups is 1. The van der Waals surface area contributed by atoms with Crippen LogP contribution in [0.3, 0.4) is 0 Å². The summed E-state index contributed by atoms with van der Waals surface area (Å²) in [4.78, 5) is 12.0. The molecular formula is C17H23N3O. The first-order valence-electron chi connectivity index (χ1n) is 7.63. The minimum absolute atomic E-state index is 0.0466. The fraction of sp³-hybridized carbons (Fsp3) is 0.529. The highest BCUT2D eigenvalue weighted by molar-refractivity contribution is 5.79. The van der Waals surface area contributed by atoms with Crippen LogP contribution in [0.5, 0.6) is 0 Å². The lowest BCUT2D eigenvalue weighted by Gasteiger charge is -2.33. The van der Waals surface area contributed by atoms with Crippen LogP contribution < -0.4 is 10.6 Å². The second kappa shape index (κ2) is 7.24. The molecule has 4 heteroatoms. The number of hydrogen-bond donors (Lipinski definition) is 2. The van der Waals surface area contributed by atoms with E-state index in [0.29, 0.717) is 5.56 Å². The highest BCUT2D eigenvalue weighted by Gasteiger charge is 2.31. The van der Waals surface area contributed by atoms with Crippen LogP contribution in [-0.4, -0.2) is 19.0 Å². The summed E-state index contributed by atoms with van der Waals surface area (Å²) in [6.45, 7) is 2.09. The molecule has 112 valence electrons. The lowest BCUT2D eigenvalue weighted by molar-refractivity contribution is -0.126. The average molecular weight is 285 g/mol. The summed E-state index contributed by atoms with van der Waals surface area (Å²) in [7, 11) is 1.70. The maximum atomic E-state index is 12.0. The van der Waals surface area contributed by atoms with Crippen molar-refractivity contribution in [3.05, 3.63) is 35.4 Å². The van der Waals surface area contributed by atoms with Gasteiger partial charge >= 0.3 is 0 Å². The van der Waals surface area contributed by atoms with Gasteiger partial charge in [-0.15, -0.1) is 0 Å². The van der Waals surface area contributed by atoms with Crippen molar-refractivity contribution >= 4 is 5.91 Å². The first-order valence-corrected chi connectivity index (χ1v) is 7.63. The van der Waals surface area contributed by atoms with E-state index in [4.69, 9.17) is 5.26 Å². The highest BCUT2D eigenvalue weighted by Crippen LogP contribution is 2.27. The molecule has 1 aromatic carbocycles. The van der Waals surface area contributed by atoms with Gasteiger partial charge in [0.05, 0.1) is 17.6 Å². The summed E-state index contributed by atoms with van der Waals surface area (Å²) in [6.07, 6.45) is 4.26. The maximum absolute atomic E-state index is 12.0. The molecule has 4 nitrogen and oxygen atoms in total. The lowest BCUT2D eigenvalue weighted by atomic mass is 9.83. The van der Waals surface area contributed by atoms with E-state index in [1.54, 1.807) is 7.05 Å². The maximum Gasteiger partial charge on any atom is 0.224 e. The molecule has 3 atom stereocenters. The molecular weight excluding hydrogens is 262 g/mol. The van der Waals surface area contributed by atoms with E-state index in [1.807, 2.05) is 24.3 Å². The molecule has 1 amide bonds. The van der Waals surface area contributed by atoms with E-state index >= 15 is 0 Å². The molecule has 0 heterocycles. The summed E-state index contributed by atoms with van der Waals surface area (Å²) in [5, 5.41) is 15.3. The third-order valence-electron chi connectivity index (χ3n) is 4.33. The zero-order valence-corrected chi connectivity index (χ0v) is 12.7. The first kappa shape index (κ1) is 15.5. The van der Waals surface area contributed by atoms with Crippen molar-refractivity contribution < 1.29 is 4.79 Å². The molecule has 0 bridgehead atoms. The van der Waals surface area contributed by atoms with Crippen LogP contribution in [0.1, 0.15) is 49.8 Å². The Morgan fingerprint density at radius 2 is 2.14 bits per heavy atom. The quantitative estimate of drug-likeness (QED) is 0.893. The highest BCUT2D eigenvalue weighted by atomic mass is 16.1. The van der Waals surface area contributed by atoms with Crippen molar-refractivity contribution in [3.8, 4) is 6.07 Å². The SMILES string of the molecule is CNC(=O)[C@@H]1CCCC[C@@H]1N[C@@H](C)c1cccc(C#N)c1. The van der Waals surface area contributed by atoms with E-state index in [-0.39, 0.29) is 23.9 Å². The smallest absolute Gasteiger partial charge is 0.224 e. The minimum atomic E-state index is 0.0466. The normalized spacial score (nSPS) is 23.1. The van der Waals surface area contributed by atoms with Crippen molar-refractivity contribution in [2.24, 2.45) is 5.92 Å². The summed E-state index contributed by atoms with van der Waals surface area (Å²) in [5.41, 5.74) is 1.77. The number of rotatable bonds is 4. The Hall–Kier alpha value is -1.86. The van der Waals surface area contributed by atoms with Crippen molar-refractivity contribution in [1.29, 1.82) is 5.26 Å². The van der Waals surface area contributed by atoms with Crippen LogP contribution in [0, 0.1) is 17.2 Å². The van der Waals surface area contributed by atoms with Gasteiger partial charge in [-0.25, -0.2) is 0 Å². The molecule has 2 rings (SSSR count). The molecule has 0 aromatic heterocycles. The van der Waals surface area contributed by atoms with Crippen molar-refractivity contribution in [2.75, 3.05) is 7.05 Å². The molecule has 0 saturated heterocycles. The first-order chi connectivity index (χ1) is 10.2. The van der Waals surface area contributed by atoms with Gasteiger partial charge in [0.15, 0.2) is 0 Å². The molecule has 1 fully saturated rings. The van der Waals surface area contributed by atoms with Gasteiger partial charge in [-0.1, -0.05) is 25.0 Å². The van der Waals surface area contributed by atoms with Crippen molar-refractivity contribution in [3.63, 3.8) is 0 Å². The minimum Gasteiger partial charge on any atom is -0.359 e. The predicted octanol–water partition coefficient (Wildman–Crippen LogP) is 2.51. The molecule has 0 unspecified atom stereocenters. The third kappa shape index (κ3) is 3.83. The third-order valence-corrected chi connectivity index (χ3v) is 4.33. The summed E-state index contributed by atoms with van der Waals surface area (Å²) < 4.78 is 0. The Morgan fingerprint density at radius 3 is 2.86 bits per heavy atom. The molecule has 0 aliphatic heterocycles. The number of nitriles is 1. The summed E-state index contributed by atoms with van der Waals surface area (Å²) >= 11 is 0. The van der Waals surface area contributed by atoms with Crippen LogP contribution in [0.4, 0.5) is 0 Å². The molecule has 0 radical (unpaired) electrons. The fourth-order valence-electron chi connectivity index (χ4n) is 3.12. The zero-order valence-electron chi connectivity index (χ0n) is 12.7. The van der Waals surface area contributed by atoms with Gasteiger partial charge in [0.25, 0.3) is 0 Å². The van der Waals surface area contributed by atoms with Crippen LogP contribution in [0.2, 0.25) is 0 Å². The number of nitrogens with one attached hydrogen (secondary N) is 2. The molecule has 1 aliphatic carbocycles. The Morgan fingerprint density at radius 1 is 1.38 bits per heavy atom. The second-order valence-electron chi connectivity index (χ2n) is 5.74. The largest absolute Gasteiger partial charge is 0.359 e. The van der Waals surface area contributed by atoms with Gasteiger partial charge in [-0.3, -0.25) is 4.79 Å². The topological polar surface area (TPSA) is 64.9 Å². The monoisotopic (exact) mass is 285 g/mol. The molecule has 2 N–H and O–H groups in total. The van der Waals surface area contributed by atoms with Gasteiger partial charge in [0, 0.05) is 19.1 Å². The number of nitrogens with zero attached hydrogens (tertiary/aromatic N) is 1. The Bertz CT molecular complexity index is 535. The molecule has 0 spiro atoms. The molecule has 1 aromatic rings. The Balaban J connectivity index is 2.07. The zero-order chi connectivity index (χ0) is 15.2. The van der Waals surface area contributed by atoms with E-state index in [0.717, 1.165) is 31.2 Å². The van der Waals surface area contributed by atoms with E-state index in [2.05, 4.69) is 23.6 Å². The van der Waals surface area contributed by atoms with Gasteiger partial charge in [-0.2, -0.15) is 5.26 Å². The number of carbonyl (C=O) groups excluding carboxylic acids is 1. The summed E-state index contributed by atoms with van der Waals surface area (Å²) in [5.74, 6) is 0.176. The van der Waals surface area contributed by atoms with E-state index < -0.39 is 0 Å². The molecule has 21 heavy (non-hydrogen) atoms. The van der Waals surface area contributed by atoms with Gasteiger partial charge in [0.1, 0.15) is 0 Å².